The van der Waals surface area contributed by atoms with Gasteiger partial charge in [-0.1, -0.05) is 18.2 Å². The molecular weight excluding hydrogens is 383 g/mol. The topological polar surface area (TPSA) is 58.8 Å². The number of carbonyl (C=O) groups excluding carboxylic acids is 2. The molecule has 2 amide bonds. The fourth-order valence-corrected chi connectivity index (χ4v) is 4.01. The Morgan fingerprint density at radius 1 is 1.07 bits per heavy atom. The van der Waals surface area contributed by atoms with Crippen molar-refractivity contribution in [3.05, 3.63) is 66.1 Å². The van der Waals surface area contributed by atoms with Crippen molar-refractivity contribution < 1.29 is 18.9 Å². The highest BCUT2D eigenvalue weighted by molar-refractivity contribution is 5.91. The number of anilines is 1. The van der Waals surface area contributed by atoms with Crippen LogP contribution < -0.4 is 10.2 Å². The average molecular weight is 409 g/mol. The minimum atomic E-state index is -0.331. The molecule has 1 aromatic heterocycles. The van der Waals surface area contributed by atoms with Crippen molar-refractivity contribution in [1.29, 1.82) is 0 Å². The fourth-order valence-electron chi connectivity index (χ4n) is 4.01. The maximum Gasteiger partial charge on any atom is 0.279 e. The maximum atomic E-state index is 13.0. The first-order valence-corrected chi connectivity index (χ1v) is 10.2. The van der Waals surface area contributed by atoms with Crippen LogP contribution in [0.1, 0.15) is 5.69 Å². The highest BCUT2D eigenvalue weighted by Crippen LogP contribution is 2.19. The first-order valence-electron chi connectivity index (χ1n) is 10.2. The van der Waals surface area contributed by atoms with Crippen LogP contribution in [0.2, 0.25) is 0 Å². The number of aryl methyl sites for hydroxylation is 1. The van der Waals surface area contributed by atoms with Crippen LogP contribution in [0.3, 0.4) is 0 Å². The molecule has 30 heavy (non-hydrogen) atoms. The Bertz CT molecular complexity index is 1050. The Morgan fingerprint density at radius 2 is 1.77 bits per heavy atom. The van der Waals surface area contributed by atoms with Gasteiger partial charge in [0.25, 0.3) is 5.91 Å². The summed E-state index contributed by atoms with van der Waals surface area (Å²) in [7, 11) is 0. The van der Waals surface area contributed by atoms with E-state index in [4.69, 9.17) is 0 Å². The number of carbonyl (C=O) groups is 2. The van der Waals surface area contributed by atoms with E-state index in [0.717, 1.165) is 34.6 Å². The summed E-state index contributed by atoms with van der Waals surface area (Å²) in [6, 6.07) is 15.9. The largest absolute Gasteiger partial charge is 0.335 e. The zero-order chi connectivity index (χ0) is 21.1. The Kier molecular flexibility index (Phi) is 5.81. The summed E-state index contributed by atoms with van der Waals surface area (Å²) in [5.41, 5.74) is 2.74. The summed E-state index contributed by atoms with van der Waals surface area (Å²) in [5, 5.41) is 3.94. The third-order valence-electron chi connectivity index (χ3n) is 5.67. The lowest BCUT2D eigenvalue weighted by atomic mass is 10.2. The summed E-state index contributed by atoms with van der Waals surface area (Å²) in [4.78, 5) is 28.1. The van der Waals surface area contributed by atoms with Gasteiger partial charge in [-0.25, -0.2) is 4.39 Å². The van der Waals surface area contributed by atoms with Crippen LogP contribution in [-0.2, 0) is 16.1 Å². The van der Waals surface area contributed by atoms with Gasteiger partial charge in [-0.15, -0.1) is 0 Å². The Labute approximate surface area is 174 Å². The molecule has 1 aliphatic heterocycles. The van der Waals surface area contributed by atoms with Crippen molar-refractivity contribution in [2.24, 2.45) is 0 Å². The maximum absolute atomic E-state index is 13.0. The van der Waals surface area contributed by atoms with Crippen LogP contribution in [0.25, 0.3) is 10.9 Å². The molecule has 1 aliphatic rings. The van der Waals surface area contributed by atoms with Gasteiger partial charge in [0.05, 0.1) is 26.2 Å². The molecule has 7 heteroatoms. The smallest absolute Gasteiger partial charge is 0.279 e. The Hall–Kier alpha value is -3.19. The molecule has 0 saturated carbocycles. The van der Waals surface area contributed by atoms with Crippen molar-refractivity contribution in [1.82, 2.24) is 9.47 Å². The molecule has 2 N–H and O–H groups in total. The van der Waals surface area contributed by atoms with E-state index in [9.17, 15) is 14.0 Å². The second kappa shape index (κ2) is 8.67. The number of aromatic nitrogens is 1. The van der Waals surface area contributed by atoms with E-state index >= 15 is 0 Å². The predicted molar refractivity (Wildman–Crippen MR) is 114 cm³/mol. The van der Waals surface area contributed by atoms with Gasteiger partial charge < -0.3 is 19.7 Å². The Balaban J connectivity index is 1.28. The number of quaternary nitrogens is 1. The molecule has 4 rings (SSSR count). The molecular formula is C23H26FN4O2+. The molecule has 0 unspecified atom stereocenters. The molecule has 2 aromatic carbocycles. The molecule has 6 nitrogen and oxygen atoms in total. The highest BCUT2D eigenvalue weighted by atomic mass is 19.1. The van der Waals surface area contributed by atoms with Gasteiger partial charge in [-0.05, 0) is 48.7 Å². The lowest BCUT2D eigenvalue weighted by Crippen LogP contribution is -3.15. The number of nitrogens with one attached hydrogen (secondary N) is 2. The number of rotatable bonds is 5. The summed E-state index contributed by atoms with van der Waals surface area (Å²) in [6.07, 6.45) is 0. The lowest BCUT2D eigenvalue weighted by molar-refractivity contribution is -0.895. The lowest BCUT2D eigenvalue weighted by Gasteiger charge is -2.32. The van der Waals surface area contributed by atoms with Crippen LogP contribution in [-0.4, -0.2) is 54.0 Å². The first-order chi connectivity index (χ1) is 14.5. The number of piperazine rings is 1. The van der Waals surface area contributed by atoms with E-state index in [1.54, 1.807) is 12.1 Å². The van der Waals surface area contributed by atoms with Crippen molar-refractivity contribution in [2.45, 2.75) is 13.5 Å². The van der Waals surface area contributed by atoms with Gasteiger partial charge in [0.2, 0.25) is 5.91 Å². The number of hydrogen-bond donors (Lipinski definition) is 2. The van der Waals surface area contributed by atoms with E-state index in [-0.39, 0.29) is 17.6 Å². The third-order valence-corrected chi connectivity index (χ3v) is 5.67. The van der Waals surface area contributed by atoms with Crippen molar-refractivity contribution in [3.63, 3.8) is 0 Å². The summed E-state index contributed by atoms with van der Waals surface area (Å²) < 4.78 is 15.0. The number of nitrogens with zero attached hydrogens (tertiary/aromatic N) is 2. The summed E-state index contributed by atoms with van der Waals surface area (Å²) >= 11 is 0. The van der Waals surface area contributed by atoms with Gasteiger partial charge >= 0.3 is 0 Å². The van der Waals surface area contributed by atoms with E-state index in [1.807, 2.05) is 30.0 Å². The number of hydrogen-bond acceptors (Lipinski definition) is 2. The Morgan fingerprint density at radius 3 is 2.50 bits per heavy atom. The molecule has 0 spiro atoms. The minimum absolute atomic E-state index is 0.106. The van der Waals surface area contributed by atoms with Crippen LogP contribution in [0, 0.1) is 12.7 Å². The van der Waals surface area contributed by atoms with Gasteiger partial charge in [0, 0.05) is 16.9 Å². The quantitative estimate of drug-likeness (QED) is 0.670. The molecule has 0 aliphatic carbocycles. The minimum Gasteiger partial charge on any atom is -0.335 e. The second-order valence-corrected chi connectivity index (χ2v) is 7.79. The van der Waals surface area contributed by atoms with Gasteiger partial charge in [-0.3, -0.25) is 9.59 Å². The van der Waals surface area contributed by atoms with Gasteiger partial charge in [0.1, 0.15) is 12.4 Å². The standard InChI is InChI=1S/C23H25FN4O2/c1-17-14-18-4-2-3-5-21(18)28(17)16-23(30)27-12-10-26(11-13-27)15-22(29)25-20-8-6-19(24)7-9-20/h2-9,14H,10-13,15-16H2,1H3,(H,25,29)/p+1. The molecule has 0 radical (unpaired) electrons. The molecule has 1 saturated heterocycles. The van der Waals surface area contributed by atoms with Crippen LogP contribution in [0.15, 0.2) is 54.6 Å². The summed E-state index contributed by atoms with van der Waals surface area (Å²) in [6.45, 7) is 5.42. The van der Waals surface area contributed by atoms with Gasteiger partial charge in [-0.2, -0.15) is 0 Å². The van der Waals surface area contributed by atoms with Gasteiger partial charge in [0.15, 0.2) is 6.54 Å². The zero-order valence-electron chi connectivity index (χ0n) is 17.0. The van der Waals surface area contributed by atoms with Crippen LogP contribution >= 0.6 is 0 Å². The number of fused-ring (bicyclic) bond motifs is 1. The monoisotopic (exact) mass is 409 g/mol. The number of amides is 2. The molecule has 3 aromatic rings. The predicted octanol–water partition coefficient (Wildman–Crippen LogP) is 1.45. The number of para-hydroxylation sites is 1. The van der Waals surface area contributed by atoms with Crippen molar-refractivity contribution in [3.8, 4) is 0 Å². The molecule has 1 fully saturated rings. The van der Waals surface area contributed by atoms with E-state index < -0.39 is 0 Å². The fraction of sp³-hybridized carbons (Fsp3) is 0.304. The number of halogens is 1. The molecule has 2 heterocycles. The molecule has 0 bridgehead atoms. The van der Waals surface area contributed by atoms with Crippen LogP contribution in [0.5, 0.6) is 0 Å². The zero-order valence-corrected chi connectivity index (χ0v) is 17.0. The first kappa shape index (κ1) is 20.1. The molecule has 156 valence electrons. The normalized spacial score (nSPS) is 14.8. The third kappa shape index (κ3) is 4.52. The highest BCUT2D eigenvalue weighted by Gasteiger charge is 2.25. The number of benzene rings is 2. The van der Waals surface area contributed by atoms with Crippen molar-refractivity contribution in [2.75, 3.05) is 38.0 Å². The SMILES string of the molecule is Cc1cc2ccccc2n1CC(=O)N1CC[NH+](CC(=O)Nc2ccc(F)cc2)CC1. The van der Waals surface area contributed by atoms with Crippen LogP contribution in [0.4, 0.5) is 10.1 Å². The summed E-state index contributed by atoms with van der Waals surface area (Å²) in [5.74, 6) is -0.331. The van der Waals surface area contributed by atoms with E-state index in [2.05, 4.69) is 22.0 Å². The molecule has 0 atom stereocenters. The second-order valence-electron chi connectivity index (χ2n) is 7.79. The van der Waals surface area contributed by atoms with E-state index in [0.29, 0.717) is 31.9 Å². The van der Waals surface area contributed by atoms with E-state index in [1.165, 1.54) is 12.1 Å². The van der Waals surface area contributed by atoms with Crippen molar-refractivity contribution >= 4 is 28.4 Å². The average Bonchev–Trinajstić information content (AvgIpc) is 3.05.